The highest BCUT2D eigenvalue weighted by Gasteiger charge is 2.17. The Kier molecular flexibility index (Phi) is 4.07. The van der Waals surface area contributed by atoms with Crippen LogP contribution in [0.4, 0.5) is 5.82 Å². The summed E-state index contributed by atoms with van der Waals surface area (Å²) in [5.74, 6) is -0.0379. The first kappa shape index (κ1) is 16.0. The molecule has 1 heterocycles. The summed E-state index contributed by atoms with van der Waals surface area (Å²) < 4.78 is 0. The lowest BCUT2D eigenvalue weighted by molar-refractivity contribution is 1.21. The highest BCUT2D eigenvalue weighted by Crippen LogP contribution is 2.30. The lowest BCUT2D eigenvalue weighted by Crippen LogP contribution is -2.16. The zero-order chi connectivity index (χ0) is 18.0. The summed E-state index contributed by atoms with van der Waals surface area (Å²) >= 11 is 0. The van der Waals surface area contributed by atoms with Crippen LogP contribution in [0.25, 0.3) is 22.3 Å². The van der Waals surface area contributed by atoms with E-state index in [1.807, 2.05) is 55.5 Å². The second-order valence-corrected chi connectivity index (χ2v) is 5.66. The number of nitrogen functional groups attached to an aromatic ring is 1. The molecule has 0 aliphatic carbocycles. The van der Waals surface area contributed by atoms with Gasteiger partial charge in [0.1, 0.15) is 29.1 Å². The Labute approximate surface area is 144 Å². The van der Waals surface area contributed by atoms with E-state index in [1.54, 1.807) is 12.1 Å². The molecule has 0 unspecified atom stereocenters. The van der Waals surface area contributed by atoms with Crippen molar-refractivity contribution in [2.75, 3.05) is 5.73 Å². The fraction of sp³-hybridized carbons (Fsp3) is 0.0500. The number of aromatic amines is 1. The molecular weight excluding hydrogens is 312 g/mol. The summed E-state index contributed by atoms with van der Waals surface area (Å²) in [5, 5.41) is 18.7. The number of nitrogens with two attached hydrogens (primary N) is 1. The van der Waals surface area contributed by atoms with Gasteiger partial charge in [-0.1, -0.05) is 54.1 Å². The van der Waals surface area contributed by atoms with Crippen molar-refractivity contribution < 1.29 is 0 Å². The van der Waals surface area contributed by atoms with Gasteiger partial charge in [-0.3, -0.25) is 4.79 Å². The van der Waals surface area contributed by atoms with Crippen molar-refractivity contribution in [2.24, 2.45) is 0 Å². The van der Waals surface area contributed by atoms with Crippen LogP contribution < -0.4 is 11.3 Å². The van der Waals surface area contributed by atoms with Gasteiger partial charge in [-0.05, 0) is 23.6 Å². The first-order valence-electron chi connectivity index (χ1n) is 7.58. The number of hydrogen-bond donors (Lipinski definition) is 2. The standard InChI is InChI=1S/C20H14N4O/c1-12-2-4-13(5-3-12)14-6-8-15(9-7-14)18-16(10-21)19(23)24-20(25)17(18)11-22/h2-9H,1H3,(H3,23,24,25). The van der Waals surface area contributed by atoms with Crippen LogP contribution in [0.3, 0.4) is 0 Å². The van der Waals surface area contributed by atoms with Gasteiger partial charge in [0.25, 0.3) is 5.56 Å². The molecule has 0 amide bonds. The van der Waals surface area contributed by atoms with Crippen LogP contribution in [-0.2, 0) is 0 Å². The number of anilines is 1. The molecule has 0 atom stereocenters. The number of H-pyrrole nitrogens is 1. The zero-order valence-corrected chi connectivity index (χ0v) is 13.5. The van der Waals surface area contributed by atoms with Crippen molar-refractivity contribution in [3.8, 4) is 34.4 Å². The van der Waals surface area contributed by atoms with Gasteiger partial charge in [-0.25, -0.2) is 0 Å². The monoisotopic (exact) mass is 326 g/mol. The number of nitriles is 2. The van der Waals surface area contributed by atoms with Crippen LogP contribution in [0, 0.1) is 29.6 Å². The average molecular weight is 326 g/mol. The van der Waals surface area contributed by atoms with Gasteiger partial charge in [0, 0.05) is 5.56 Å². The number of nitrogens with one attached hydrogen (secondary N) is 1. The number of benzene rings is 2. The summed E-state index contributed by atoms with van der Waals surface area (Å²) in [6.45, 7) is 2.02. The maximum atomic E-state index is 12.0. The normalized spacial score (nSPS) is 10.0. The third kappa shape index (κ3) is 2.87. The van der Waals surface area contributed by atoms with Crippen LogP contribution in [0.5, 0.6) is 0 Å². The van der Waals surface area contributed by atoms with Crippen LogP contribution in [-0.4, -0.2) is 4.98 Å². The SMILES string of the molecule is Cc1ccc(-c2ccc(-c3c(C#N)c(N)[nH]c(=O)c3C#N)cc2)cc1. The van der Waals surface area contributed by atoms with E-state index in [0.717, 1.165) is 11.1 Å². The molecule has 5 nitrogen and oxygen atoms in total. The molecule has 120 valence electrons. The van der Waals surface area contributed by atoms with E-state index in [1.165, 1.54) is 5.56 Å². The highest BCUT2D eigenvalue weighted by molar-refractivity contribution is 5.81. The molecule has 3 aromatic rings. The van der Waals surface area contributed by atoms with Gasteiger partial charge in [-0.2, -0.15) is 10.5 Å². The molecule has 2 aromatic carbocycles. The van der Waals surface area contributed by atoms with Gasteiger partial charge in [0.05, 0.1) is 0 Å². The van der Waals surface area contributed by atoms with Gasteiger partial charge in [0.15, 0.2) is 0 Å². The minimum absolute atomic E-state index is 0.0379. The Balaban J connectivity index is 2.16. The molecule has 25 heavy (non-hydrogen) atoms. The molecule has 0 radical (unpaired) electrons. The first-order valence-corrected chi connectivity index (χ1v) is 7.58. The lowest BCUT2D eigenvalue weighted by Gasteiger charge is -2.10. The summed E-state index contributed by atoms with van der Waals surface area (Å²) in [4.78, 5) is 14.3. The summed E-state index contributed by atoms with van der Waals surface area (Å²) in [6.07, 6.45) is 0. The van der Waals surface area contributed by atoms with Crippen LogP contribution in [0.2, 0.25) is 0 Å². The molecule has 0 spiro atoms. The Morgan fingerprint density at radius 2 is 1.32 bits per heavy atom. The minimum atomic E-state index is -0.600. The maximum absolute atomic E-state index is 12.0. The fourth-order valence-electron chi connectivity index (χ4n) is 2.71. The van der Waals surface area contributed by atoms with E-state index in [-0.39, 0.29) is 22.5 Å². The van der Waals surface area contributed by atoms with Crippen molar-refractivity contribution in [3.63, 3.8) is 0 Å². The molecule has 0 bridgehead atoms. The van der Waals surface area contributed by atoms with E-state index in [9.17, 15) is 15.3 Å². The van der Waals surface area contributed by atoms with E-state index >= 15 is 0 Å². The molecular formula is C20H14N4O. The number of rotatable bonds is 2. The molecule has 0 aliphatic heterocycles. The second-order valence-electron chi connectivity index (χ2n) is 5.66. The number of aryl methyl sites for hydroxylation is 1. The van der Waals surface area contributed by atoms with E-state index < -0.39 is 5.56 Å². The number of aromatic nitrogens is 1. The molecule has 3 rings (SSSR count). The Bertz CT molecular complexity index is 1080. The summed E-state index contributed by atoms with van der Waals surface area (Å²) in [6, 6.07) is 19.3. The zero-order valence-electron chi connectivity index (χ0n) is 13.5. The number of pyridine rings is 1. The molecule has 0 aliphatic rings. The summed E-state index contributed by atoms with van der Waals surface area (Å²) in [7, 11) is 0. The van der Waals surface area contributed by atoms with Gasteiger partial charge in [0.2, 0.25) is 0 Å². The molecule has 3 N–H and O–H groups in total. The Morgan fingerprint density at radius 3 is 1.84 bits per heavy atom. The topological polar surface area (TPSA) is 106 Å². The second kappa shape index (κ2) is 6.35. The molecule has 5 heteroatoms. The quantitative estimate of drug-likeness (QED) is 0.753. The Morgan fingerprint density at radius 1 is 0.840 bits per heavy atom. The van der Waals surface area contributed by atoms with Gasteiger partial charge < -0.3 is 10.7 Å². The van der Waals surface area contributed by atoms with Crippen molar-refractivity contribution in [1.29, 1.82) is 10.5 Å². The van der Waals surface area contributed by atoms with Crippen LogP contribution in [0.15, 0.2) is 53.3 Å². The Hall–Kier alpha value is -3.83. The largest absolute Gasteiger partial charge is 0.384 e. The van der Waals surface area contributed by atoms with E-state index in [4.69, 9.17) is 5.73 Å². The highest BCUT2D eigenvalue weighted by atomic mass is 16.1. The fourth-order valence-corrected chi connectivity index (χ4v) is 2.71. The predicted octanol–water partition coefficient (Wildman–Crippen LogP) is 3.34. The lowest BCUT2D eigenvalue weighted by atomic mass is 9.94. The molecule has 0 saturated carbocycles. The maximum Gasteiger partial charge on any atom is 0.268 e. The number of nitrogens with zero attached hydrogens (tertiary/aromatic N) is 2. The van der Waals surface area contributed by atoms with Crippen molar-refractivity contribution >= 4 is 5.82 Å². The molecule has 0 fully saturated rings. The smallest absolute Gasteiger partial charge is 0.268 e. The minimum Gasteiger partial charge on any atom is -0.384 e. The van der Waals surface area contributed by atoms with Crippen molar-refractivity contribution in [1.82, 2.24) is 4.98 Å². The van der Waals surface area contributed by atoms with Gasteiger partial charge in [-0.15, -0.1) is 0 Å². The predicted molar refractivity (Wildman–Crippen MR) is 96.5 cm³/mol. The number of hydrogen-bond acceptors (Lipinski definition) is 4. The van der Waals surface area contributed by atoms with Crippen molar-refractivity contribution in [2.45, 2.75) is 6.92 Å². The van der Waals surface area contributed by atoms with Gasteiger partial charge >= 0.3 is 0 Å². The average Bonchev–Trinajstić information content (AvgIpc) is 2.62. The van der Waals surface area contributed by atoms with E-state index in [0.29, 0.717) is 5.56 Å². The molecule has 0 saturated heterocycles. The first-order chi connectivity index (χ1) is 12.0. The van der Waals surface area contributed by atoms with Crippen LogP contribution in [0.1, 0.15) is 16.7 Å². The third-order valence-corrected chi connectivity index (χ3v) is 4.03. The van der Waals surface area contributed by atoms with Crippen molar-refractivity contribution in [3.05, 3.63) is 75.6 Å². The van der Waals surface area contributed by atoms with Crippen LogP contribution >= 0.6 is 0 Å². The molecule has 1 aromatic heterocycles. The third-order valence-electron chi connectivity index (χ3n) is 4.03. The summed E-state index contributed by atoms with van der Waals surface area (Å²) in [5.41, 5.74) is 9.22. The van der Waals surface area contributed by atoms with E-state index in [2.05, 4.69) is 4.98 Å².